The van der Waals surface area contributed by atoms with Crippen LogP contribution >= 0.6 is 0 Å². The molecule has 1 unspecified atom stereocenters. The van der Waals surface area contributed by atoms with E-state index in [1.54, 1.807) is 21.1 Å². The first-order chi connectivity index (χ1) is 13.3. The lowest BCUT2D eigenvalue weighted by molar-refractivity contribution is -0.127. The van der Waals surface area contributed by atoms with Crippen molar-refractivity contribution in [2.24, 2.45) is 0 Å². The molecule has 1 atom stereocenters. The second-order valence-electron chi connectivity index (χ2n) is 7.16. The standard InChI is InChI=1S/C23H31NO4/c1-15(2)18-7-9-20(10-8-18)28-17(4)23(25)24-12-11-19-14-22(27-6)21(26-5)13-16(19)3/h7-10,13-15,17H,11-12H2,1-6H3,(H,24,25). The SMILES string of the molecule is COc1cc(C)c(CCNC(=O)C(C)Oc2ccc(C(C)C)cc2)cc1OC. The van der Waals surface area contributed by atoms with Gasteiger partial charge in [-0.2, -0.15) is 0 Å². The van der Waals surface area contributed by atoms with Gasteiger partial charge < -0.3 is 19.5 Å². The van der Waals surface area contributed by atoms with Gasteiger partial charge in [0.2, 0.25) is 0 Å². The van der Waals surface area contributed by atoms with Crippen LogP contribution in [0.2, 0.25) is 0 Å². The number of amides is 1. The summed E-state index contributed by atoms with van der Waals surface area (Å²) >= 11 is 0. The maximum Gasteiger partial charge on any atom is 0.260 e. The van der Waals surface area contributed by atoms with Gasteiger partial charge in [0, 0.05) is 6.54 Å². The van der Waals surface area contributed by atoms with Crippen LogP contribution in [0, 0.1) is 6.92 Å². The van der Waals surface area contributed by atoms with Crippen molar-refractivity contribution in [2.45, 2.75) is 46.1 Å². The van der Waals surface area contributed by atoms with Gasteiger partial charge in [-0.25, -0.2) is 0 Å². The number of carbonyl (C=O) groups excluding carboxylic acids is 1. The lowest BCUT2D eigenvalue weighted by Crippen LogP contribution is -2.37. The van der Waals surface area contributed by atoms with Crippen LogP contribution < -0.4 is 19.5 Å². The first-order valence-electron chi connectivity index (χ1n) is 9.61. The minimum atomic E-state index is -0.559. The predicted octanol–water partition coefficient (Wildman–Crippen LogP) is 4.26. The number of rotatable bonds is 9. The minimum absolute atomic E-state index is 0.133. The van der Waals surface area contributed by atoms with Crippen molar-refractivity contribution >= 4 is 5.91 Å². The van der Waals surface area contributed by atoms with Gasteiger partial charge in [0.05, 0.1) is 14.2 Å². The fourth-order valence-electron chi connectivity index (χ4n) is 2.95. The van der Waals surface area contributed by atoms with Gasteiger partial charge in [-0.1, -0.05) is 26.0 Å². The maximum atomic E-state index is 12.3. The van der Waals surface area contributed by atoms with Crippen LogP contribution in [0.1, 0.15) is 43.4 Å². The third kappa shape index (κ3) is 5.65. The van der Waals surface area contributed by atoms with Crippen molar-refractivity contribution in [2.75, 3.05) is 20.8 Å². The normalized spacial score (nSPS) is 11.8. The van der Waals surface area contributed by atoms with Crippen LogP contribution in [0.15, 0.2) is 36.4 Å². The van der Waals surface area contributed by atoms with E-state index in [0.717, 1.165) is 11.1 Å². The highest BCUT2D eigenvalue weighted by Crippen LogP contribution is 2.30. The Hall–Kier alpha value is -2.69. The predicted molar refractivity (Wildman–Crippen MR) is 112 cm³/mol. The van der Waals surface area contributed by atoms with Gasteiger partial charge >= 0.3 is 0 Å². The molecule has 2 aromatic rings. The first-order valence-corrected chi connectivity index (χ1v) is 9.61. The number of methoxy groups -OCH3 is 2. The monoisotopic (exact) mass is 385 g/mol. The van der Waals surface area contributed by atoms with Gasteiger partial charge in [-0.3, -0.25) is 4.79 Å². The number of benzene rings is 2. The first kappa shape index (κ1) is 21.6. The van der Waals surface area contributed by atoms with Crippen LogP contribution in [0.25, 0.3) is 0 Å². The number of hydrogen-bond donors (Lipinski definition) is 1. The highest BCUT2D eigenvalue weighted by Gasteiger charge is 2.15. The second-order valence-corrected chi connectivity index (χ2v) is 7.16. The van der Waals surface area contributed by atoms with Gasteiger partial charge in [-0.15, -0.1) is 0 Å². The van der Waals surface area contributed by atoms with Crippen molar-refractivity contribution in [3.05, 3.63) is 53.1 Å². The molecule has 2 aromatic carbocycles. The van der Waals surface area contributed by atoms with E-state index in [-0.39, 0.29) is 5.91 Å². The van der Waals surface area contributed by atoms with E-state index in [0.29, 0.717) is 36.1 Å². The largest absolute Gasteiger partial charge is 0.493 e. The molecule has 0 saturated heterocycles. The third-order valence-corrected chi connectivity index (χ3v) is 4.76. The maximum absolute atomic E-state index is 12.3. The molecule has 0 aliphatic heterocycles. The van der Waals surface area contributed by atoms with Gasteiger partial charge in [0.25, 0.3) is 5.91 Å². The van der Waals surface area contributed by atoms with Crippen LogP contribution in [0.3, 0.4) is 0 Å². The molecule has 0 heterocycles. The quantitative estimate of drug-likeness (QED) is 0.701. The Bertz CT molecular complexity index is 784. The van der Waals surface area contributed by atoms with Gasteiger partial charge in [0.1, 0.15) is 5.75 Å². The van der Waals surface area contributed by atoms with Crippen molar-refractivity contribution < 1.29 is 19.0 Å². The lowest BCUT2D eigenvalue weighted by atomic mass is 10.0. The molecule has 5 nitrogen and oxygen atoms in total. The Morgan fingerprint density at radius 1 is 1.00 bits per heavy atom. The fourth-order valence-corrected chi connectivity index (χ4v) is 2.95. The summed E-state index contributed by atoms with van der Waals surface area (Å²) in [5.74, 6) is 2.43. The zero-order chi connectivity index (χ0) is 20.7. The number of ether oxygens (including phenoxy) is 3. The van der Waals surface area contributed by atoms with Crippen LogP contribution in [-0.4, -0.2) is 32.8 Å². The zero-order valence-electron chi connectivity index (χ0n) is 17.7. The molecule has 0 aliphatic rings. The highest BCUT2D eigenvalue weighted by atomic mass is 16.5. The van der Waals surface area contributed by atoms with E-state index in [9.17, 15) is 4.79 Å². The molecular weight excluding hydrogens is 354 g/mol. The zero-order valence-corrected chi connectivity index (χ0v) is 17.7. The van der Waals surface area contributed by atoms with Crippen molar-refractivity contribution in [1.82, 2.24) is 5.32 Å². The Kier molecular flexibility index (Phi) is 7.73. The van der Waals surface area contributed by atoms with E-state index >= 15 is 0 Å². The second kappa shape index (κ2) is 10.0. The minimum Gasteiger partial charge on any atom is -0.493 e. The molecule has 1 N–H and O–H groups in total. The Morgan fingerprint density at radius 3 is 2.18 bits per heavy atom. The molecule has 5 heteroatoms. The van der Waals surface area contributed by atoms with E-state index in [4.69, 9.17) is 14.2 Å². The van der Waals surface area contributed by atoms with Crippen LogP contribution in [0.5, 0.6) is 17.2 Å². The number of nitrogens with one attached hydrogen (secondary N) is 1. The number of aryl methyl sites for hydroxylation is 1. The molecule has 0 aliphatic carbocycles. The third-order valence-electron chi connectivity index (χ3n) is 4.76. The van der Waals surface area contributed by atoms with Crippen molar-refractivity contribution in [3.63, 3.8) is 0 Å². The summed E-state index contributed by atoms with van der Waals surface area (Å²) in [6, 6.07) is 11.8. The molecule has 0 bridgehead atoms. The summed E-state index contributed by atoms with van der Waals surface area (Å²) in [6.45, 7) is 8.59. The average Bonchev–Trinajstić information content (AvgIpc) is 2.69. The van der Waals surface area contributed by atoms with E-state index in [2.05, 4.69) is 19.2 Å². The average molecular weight is 386 g/mol. The summed E-state index contributed by atoms with van der Waals surface area (Å²) in [5.41, 5.74) is 3.45. The summed E-state index contributed by atoms with van der Waals surface area (Å²) in [6.07, 6.45) is 0.143. The molecule has 28 heavy (non-hydrogen) atoms. The fraction of sp³-hybridized carbons (Fsp3) is 0.435. The summed E-state index contributed by atoms with van der Waals surface area (Å²) in [7, 11) is 3.24. The Balaban J connectivity index is 1.88. The number of hydrogen-bond acceptors (Lipinski definition) is 4. The van der Waals surface area contributed by atoms with Crippen LogP contribution in [-0.2, 0) is 11.2 Å². The van der Waals surface area contributed by atoms with E-state index < -0.39 is 6.10 Å². The van der Waals surface area contributed by atoms with Gasteiger partial charge in [-0.05, 0) is 67.1 Å². The van der Waals surface area contributed by atoms with Gasteiger partial charge in [0.15, 0.2) is 17.6 Å². The van der Waals surface area contributed by atoms with E-state index in [1.807, 2.05) is 43.3 Å². The lowest BCUT2D eigenvalue weighted by Gasteiger charge is -2.16. The highest BCUT2D eigenvalue weighted by molar-refractivity contribution is 5.80. The number of carbonyl (C=O) groups is 1. The summed E-state index contributed by atoms with van der Waals surface area (Å²) in [5, 5.41) is 2.94. The van der Waals surface area contributed by atoms with Crippen molar-refractivity contribution in [1.29, 1.82) is 0 Å². The summed E-state index contributed by atoms with van der Waals surface area (Å²) < 4.78 is 16.4. The van der Waals surface area contributed by atoms with Crippen LogP contribution in [0.4, 0.5) is 0 Å². The summed E-state index contributed by atoms with van der Waals surface area (Å²) in [4.78, 5) is 12.3. The Labute approximate surface area is 168 Å². The molecular formula is C23H31NO4. The Morgan fingerprint density at radius 2 is 1.61 bits per heavy atom. The molecule has 0 fully saturated rings. The molecule has 0 saturated carbocycles. The molecule has 0 radical (unpaired) electrons. The topological polar surface area (TPSA) is 56.8 Å². The van der Waals surface area contributed by atoms with E-state index in [1.165, 1.54) is 5.56 Å². The molecule has 152 valence electrons. The molecule has 1 amide bonds. The molecule has 0 aromatic heterocycles. The molecule has 0 spiro atoms. The smallest absolute Gasteiger partial charge is 0.260 e. The molecule has 2 rings (SSSR count). The van der Waals surface area contributed by atoms with Crippen molar-refractivity contribution in [3.8, 4) is 17.2 Å².